The summed E-state index contributed by atoms with van der Waals surface area (Å²) in [6, 6.07) is 0. The van der Waals surface area contributed by atoms with E-state index in [2.05, 4.69) is 49.7 Å². The predicted molar refractivity (Wildman–Crippen MR) is 122 cm³/mol. The lowest BCUT2D eigenvalue weighted by atomic mass is 9.77. The smallest absolute Gasteiger partial charge is 0.225 e. The van der Waals surface area contributed by atoms with Gasteiger partial charge in [-0.2, -0.15) is 0 Å². The van der Waals surface area contributed by atoms with E-state index in [4.69, 9.17) is 4.74 Å². The first-order valence-corrected chi connectivity index (χ1v) is 12.4. The van der Waals surface area contributed by atoms with Crippen molar-refractivity contribution in [2.24, 2.45) is 5.92 Å². The van der Waals surface area contributed by atoms with Crippen LogP contribution in [0.3, 0.4) is 0 Å². The fraction of sp³-hybridized carbons (Fsp3) is 0.750. The number of fused-ring (bicyclic) bond motifs is 3. The van der Waals surface area contributed by atoms with Gasteiger partial charge in [0.15, 0.2) is 0 Å². The van der Waals surface area contributed by atoms with Crippen molar-refractivity contribution in [1.29, 1.82) is 0 Å². The standard InChI is InChI=1S/C24H37N3OS/c1-6-16(3)14-17-8-9-19-20(17)21-22(25-15-26-23(21)29-19)28-18-10-12-24(7-2,13-11-18)27(4)5/h15-18H,6-14H2,1-5H3/t16-,17+,18?,24?/m0/s1. The minimum atomic E-state index is 0.276. The third-order valence-electron chi connectivity index (χ3n) is 7.83. The highest BCUT2D eigenvalue weighted by Crippen LogP contribution is 2.48. The summed E-state index contributed by atoms with van der Waals surface area (Å²) >= 11 is 1.87. The molecule has 2 aromatic heterocycles. The Morgan fingerprint density at radius 3 is 2.62 bits per heavy atom. The Morgan fingerprint density at radius 2 is 1.97 bits per heavy atom. The Balaban J connectivity index is 1.56. The lowest BCUT2D eigenvalue weighted by Gasteiger charge is -2.44. The van der Waals surface area contributed by atoms with Gasteiger partial charge < -0.3 is 9.64 Å². The van der Waals surface area contributed by atoms with Crippen molar-refractivity contribution in [3.05, 3.63) is 16.8 Å². The van der Waals surface area contributed by atoms with Gasteiger partial charge in [0.05, 0.1) is 5.39 Å². The van der Waals surface area contributed by atoms with Crippen LogP contribution in [-0.4, -0.2) is 40.6 Å². The van der Waals surface area contributed by atoms with E-state index in [-0.39, 0.29) is 6.10 Å². The van der Waals surface area contributed by atoms with Gasteiger partial charge in [0, 0.05) is 10.4 Å². The number of thiophene rings is 1. The zero-order chi connectivity index (χ0) is 20.6. The fourth-order valence-corrected chi connectivity index (χ4v) is 6.77. The van der Waals surface area contributed by atoms with Crippen molar-refractivity contribution < 1.29 is 4.74 Å². The van der Waals surface area contributed by atoms with Crippen molar-refractivity contribution in [1.82, 2.24) is 14.9 Å². The molecule has 5 heteroatoms. The lowest BCUT2D eigenvalue weighted by Crippen LogP contribution is -2.48. The highest BCUT2D eigenvalue weighted by Gasteiger charge is 2.37. The molecule has 0 radical (unpaired) electrons. The Bertz CT molecular complexity index is 838. The lowest BCUT2D eigenvalue weighted by molar-refractivity contribution is 0.0402. The number of ether oxygens (including phenoxy) is 1. The second-order valence-electron chi connectivity index (χ2n) is 9.57. The zero-order valence-corrected chi connectivity index (χ0v) is 19.6. The van der Waals surface area contributed by atoms with Crippen molar-refractivity contribution in [2.75, 3.05) is 14.1 Å². The third kappa shape index (κ3) is 3.93. The SMILES string of the molecule is CC[C@H](C)C[C@H]1CCc2sc3ncnc(OC4CCC(CC)(N(C)C)CC4)c3c21. The number of aryl methyl sites for hydroxylation is 1. The molecule has 29 heavy (non-hydrogen) atoms. The van der Waals surface area contributed by atoms with E-state index in [1.807, 2.05) is 11.3 Å². The van der Waals surface area contributed by atoms with Gasteiger partial charge in [-0.25, -0.2) is 9.97 Å². The Labute approximate surface area is 180 Å². The van der Waals surface area contributed by atoms with Gasteiger partial charge in [0.25, 0.3) is 0 Å². The molecule has 0 N–H and O–H groups in total. The molecule has 0 aliphatic heterocycles. The molecule has 0 saturated heterocycles. The van der Waals surface area contributed by atoms with Crippen molar-refractivity contribution in [3.8, 4) is 5.88 Å². The summed E-state index contributed by atoms with van der Waals surface area (Å²) in [4.78, 5) is 14.3. The number of hydrogen-bond acceptors (Lipinski definition) is 5. The molecule has 4 nitrogen and oxygen atoms in total. The topological polar surface area (TPSA) is 38.3 Å². The molecule has 160 valence electrons. The van der Waals surface area contributed by atoms with Crippen LogP contribution in [0.1, 0.15) is 88.5 Å². The molecule has 2 aliphatic rings. The molecular formula is C24H37N3OS. The van der Waals surface area contributed by atoms with Gasteiger partial charge in [-0.1, -0.05) is 27.2 Å². The molecule has 1 saturated carbocycles. The van der Waals surface area contributed by atoms with E-state index in [9.17, 15) is 0 Å². The molecule has 4 rings (SSSR count). The monoisotopic (exact) mass is 415 g/mol. The summed E-state index contributed by atoms with van der Waals surface area (Å²) in [6.07, 6.45) is 12.8. The molecule has 2 aliphatic carbocycles. The second kappa shape index (κ2) is 8.50. The van der Waals surface area contributed by atoms with Crippen LogP contribution in [0, 0.1) is 5.92 Å². The highest BCUT2D eigenvalue weighted by atomic mass is 32.1. The summed E-state index contributed by atoms with van der Waals surface area (Å²) in [5.41, 5.74) is 1.86. The molecular weight excluding hydrogens is 378 g/mol. The van der Waals surface area contributed by atoms with E-state index in [1.165, 1.54) is 60.8 Å². The van der Waals surface area contributed by atoms with E-state index in [0.29, 0.717) is 11.5 Å². The normalized spacial score (nSPS) is 28.1. The van der Waals surface area contributed by atoms with Crippen LogP contribution in [0.25, 0.3) is 10.2 Å². The Kier molecular flexibility index (Phi) is 6.17. The average molecular weight is 416 g/mol. The maximum absolute atomic E-state index is 6.59. The first kappa shape index (κ1) is 21.0. The largest absolute Gasteiger partial charge is 0.474 e. The predicted octanol–water partition coefficient (Wildman–Crippen LogP) is 6.19. The van der Waals surface area contributed by atoms with Crippen LogP contribution < -0.4 is 4.74 Å². The van der Waals surface area contributed by atoms with E-state index in [0.717, 1.165) is 29.5 Å². The minimum Gasteiger partial charge on any atom is -0.474 e. The highest BCUT2D eigenvalue weighted by molar-refractivity contribution is 7.19. The van der Waals surface area contributed by atoms with Crippen LogP contribution in [0.15, 0.2) is 6.33 Å². The van der Waals surface area contributed by atoms with Crippen molar-refractivity contribution in [3.63, 3.8) is 0 Å². The van der Waals surface area contributed by atoms with Crippen LogP contribution in [0.4, 0.5) is 0 Å². The summed E-state index contributed by atoms with van der Waals surface area (Å²) in [6.45, 7) is 7.01. The molecule has 2 atom stereocenters. The van der Waals surface area contributed by atoms with E-state index in [1.54, 1.807) is 6.33 Å². The Morgan fingerprint density at radius 1 is 1.21 bits per heavy atom. The molecule has 1 fully saturated rings. The number of aromatic nitrogens is 2. The number of hydrogen-bond donors (Lipinski definition) is 0. The summed E-state index contributed by atoms with van der Waals surface area (Å²) in [7, 11) is 4.45. The summed E-state index contributed by atoms with van der Waals surface area (Å²) < 4.78 is 6.59. The minimum absolute atomic E-state index is 0.276. The van der Waals surface area contributed by atoms with E-state index >= 15 is 0 Å². The van der Waals surface area contributed by atoms with Gasteiger partial charge in [0.2, 0.25) is 5.88 Å². The first-order chi connectivity index (χ1) is 14.0. The average Bonchev–Trinajstić information content (AvgIpc) is 3.28. The molecule has 0 bridgehead atoms. The van der Waals surface area contributed by atoms with Gasteiger partial charge in [-0.15, -0.1) is 11.3 Å². The van der Waals surface area contributed by atoms with Gasteiger partial charge >= 0.3 is 0 Å². The second-order valence-corrected chi connectivity index (χ2v) is 10.7. The number of nitrogens with zero attached hydrogens (tertiary/aromatic N) is 3. The van der Waals surface area contributed by atoms with Crippen LogP contribution in [0.5, 0.6) is 5.88 Å². The molecule has 0 spiro atoms. The molecule has 2 heterocycles. The molecule has 0 unspecified atom stereocenters. The van der Waals surface area contributed by atoms with Crippen LogP contribution in [-0.2, 0) is 6.42 Å². The summed E-state index contributed by atoms with van der Waals surface area (Å²) in [5.74, 6) is 2.26. The van der Waals surface area contributed by atoms with E-state index < -0.39 is 0 Å². The maximum Gasteiger partial charge on any atom is 0.225 e. The van der Waals surface area contributed by atoms with Crippen molar-refractivity contribution in [2.45, 2.75) is 96.1 Å². The maximum atomic E-state index is 6.59. The molecule has 0 amide bonds. The van der Waals surface area contributed by atoms with Gasteiger partial charge in [-0.05, 0) is 82.9 Å². The molecule has 2 aromatic rings. The van der Waals surface area contributed by atoms with Gasteiger partial charge in [0.1, 0.15) is 17.3 Å². The quantitative estimate of drug-likeness (QED) is 0.540. The molecule has 0 aromatic carbocycles. The zero-order valence-electron chi connectivity index (χ0n) is 18.8. The van der Waals surface area contributed by atoms with Crippen LogP contribution in [0.2, 0.25) is 0 Å². The van der Waals surface area contributed by atoms with Gasteiger partial charge in [-0.3, -0.25) is 0 Å². The van der Waals surface area contributed by atoms with Crippen molar-refractivity contribution >= 4 is 21.6 Å². The fourth-order valence-electron chi connectivity index (χ4n) is 5.54. The summed E-state index contributed by atoms with van der Waals surface area (Å²) in [5, 5.41) is 1.23. The van der Waals surface area contributed by atoms with Crippen LogP contribution >= 0.6 is 11.3 Å². The third-order valence-corrected chi connectivity index (χ3v) is 9.00. The first-order valence-electron chi connectivity index (χ1n) is 11.6. The Hall–Kier alpha value is -1.20. The number of rotatable bonds is 7.